The van der Waals surface area contributed by atoms with Crippen molar-refractivity contribution in [1.82, 2.24) is 9.62 Å². The summed E-state index contributed by atoms with van der Waals surface area (Å²) in [6.07, 6.45) is -1.00. The molecule has 1 saturated heterocycles. The van der Waals surface area contributed by atoms with Crippen molar-refractivity contribution >= 4 is 27.6 Å². The van der Waals surface area contributed by atoms with Crippen LogP contribution in [0, 0.1) is 0 Å². The van der Waals surface area contributed by atoms with E-state index < -0.39 is 28.1 Å². The number of amides is 1. The molecule has 1 aliphatic rings. The maximum absolute atomic E-state index is 12.7. The van der Waals surface area contributed by atoms with Gasteiger partial charge in [-0.05, 0) is 38.1 Å². The van der Waals surface area contributed by atoms with Crippen LogP contribution in [0.25, 0.3) is 0 Å². The molecule has 1 heterocycles. The van der Waals surface area contributed by atoms with E-state index in [-0.39, 0.29) is 10.8 Å². The van der Waals surface area contributed by atoms with E-state index in [0.717, 1.165) is 5.69 Å². The molecule has 0 spiro atoms. The number of anilines is 1. The fraction of sp³-hybridized carbons (Fsp3) is 0.364. The highest BCUT2D eigenvalue weighted by Gasteiger charge is 2.30. The molecule has 3 rings (SSSR count). The zero-order chi connectivity index (χ0) is 22.4. The molecule has 1 aliphatic heterocycles. The number of hydrogen-bond donors (Lipinski definition) is 1. The second-order valence-corrected chi connectivity index (χ2v) is 9.10. The average molecular weight is 446 g/mol. The molecule has 0 bridgehead atoms. The van der Waals surface area contributed by atoms with E-state index in [9.17, 15) is 18.0 Å². The predicted octanol–water partition coefficient (Wildman–Crippen LogP) is 1.63. The minimum absolute atomic E-state index is 0.0510. The van der Waals surface area contributed by atoms with Gasteiger partial charge >= 0.3 is 5.97 Å². The number of sulfonamides is 1. The van der Waals surface area contributed by atoms with Gasteiger partial charge in [0.2, 0.25) is 10.0 Å². The summed E-state index contributed by atoms with van der Waals surface area (Å²) in [4.78, 5) is 29.0. The molecule has 2 aromatic rings. The first-order chi connectivity index (χ1) is 14.8. The van der Waals surface area contributed by atoms with Crippen LogP contribution in [0.5, 0.6) is 0 Å². The summed E-state index contributed by atoms with van der Waals surface area (Å²) in [5.41, 5.74) is 1.11. The van der Waals surface area contributed by atoms with Gasteiger partial charge in [-0.1, -0.05) is 36.4 Å². The van der Waals surface area contributed by atoms with Crippen molar-refractivity contribution in [2.45, 2.75) is 30.9 Å². The van der Waals surface area contributed by atoms with Crippen LogP contribution in [0.4, 0.5) is 5.69 Å². The smallest absolute Gasteiger partial charge is 0.324 e. The van der Waals surface area contributed by atoms with E-state index in [1.165, 1.54) is 26.0 Å². The first kappa shape index (κ1) is 22.8. The van der Waals surface area contributed by atoms with Gasteiger partial charge in [-0.3, -0.25) is 9.59 Å². The number of rotatable bonds is 7. The number of piperazine rings is 1. The summed E-state index contributed by atoms with van der Waals surface area (Å²) >= 11 is 0. The van der Waals surface area contributed by atoms with Crippen LogP contribution in [0.3, 0.4) is 0 Å². The molecule has 0 radical (unpaired) electrons. The summed E-state index contributed by atoms with van der Waals surface area (Å²) in [5.74, 6) is -1.09. The Labute approximate surface area is 182 Å². The molecular formula is C22H27N3O5S. The topological polar surface area (TPSA) is 96.0 Å². The maximum Gasteiger partial charge on any atom is 0.324 e. The van der Waals surface area contributed by atoms with E-state index in [2.05, 4.69) is 9.62 Å². The van der Waals surface area contributed by atoms with Gasteiger partial charge in [-0.25, -0.2) is 8.42 Å². The van der Waals surface area contributed by atoms with E-state index in [1.54, 1.807) is 23.1 Å². The molecule has 0 aliphatic carbocycles. The molecule has 2 unspecified atom stereocenters. The monoisotopic (exact) mass is 445 g/mol. The van der Waals surface area contributed by atoms with Gasteiger partial charge in [-0.2, -0.15) is 4.72 Å². The van der Waals surface area contributed by atoms with E-state index in [1.807, 2.05) is 30.3 Å². The van der Waals surface area contributed by atoms with Crippen LogP contribution in [0.15, 0.2) is 65.6 Å². The lowest BCUT2D eigenvalue weighted by molar-refractivity contribution is -0.160. The Morgan fingerprint density at radius 1 is 0.903 bits per heavy atom. The minimum Gasteiger partial charge on any atom is -0.451 e. The number of benzene rings is 2. The molecule has 1 N–H and O–H groups in total. The van der Waals surface area contributed by atoms with Crippen LogP contribution in [0.1, 0.15) is 13.8 Å². The number of nitrogens with one attached hydrogen (secondary N) is 1. The largest absolute Gasteiger partial charge is 0.451 e. The Kier molecular flexibility index (Phi) is 7.29. The summed E-state index contributed by atoms with van der Waals surface area (Å²) < 4.78 is 32.3. The quantitative estimate of drug-likeness (QED) is 0.651. The van der Waals surface area contributed by atoms with Gasteiger partial charge < -0.3 is 14.5 Å². The van der Waals surface area contributed by atoms with Crippen LogP contribution in [-0.4, -0.2) is 63.5 Å². The standard InChI is InChI=1S/C22H27N3O5S/c1-17(23-31(28,29)20-11-7-4-8-12-20)22(27)30-18(2)21(26)25-15-13-24(14-16-25)19-9-5-3-6-10-19/h3-12,17-18,23H,13-16H2,1-2H3. The SMILES string of the molecule is CC(NS(=O)(=O)c1ccccc1)C(=O)OC(C)C(=O)N1CCN(c2ccccc2)CC1. The molecule has 0 saturated carbocycles. The molecule has 1 amide bonds. The Bertz CT molecular complexity index is 990. The summed E-state index contributed by atoms with van der Waals surface area (Å²) in [7, 11) is -3.87. The Morgan fingerprint density at radius 2 is 1.45 bits per heavy atom. The summed E-state index contributed by atoms with van der Waals surface area (Å²) in [5, 5.41) is 0. The number of ether oxygens (including phenoxy) is 1. The molecule has 8 nitrogen and oxygen atoms in total. The normalized spacial score (nSPS) is 16.5. The molecular weight excluding hydrogens is 418 g/mol. The maximum atomic E-state index is 12.7. The summed E-state index contributed by atoms with van der Waals surface area (Å²) in [6.45, 7) is 5.30. The molecule has 2 atom stereocenters. The highest BCUT2D eigenvalue weighted by Crippen LogP contribution is 2.16. The highest BCUT2D eigenvalue weighted by atomic mass is 32.2. The first-order valence-electron chi connectivity index (χ1n) is 10.1. The number of nitrogens with zero attached hydrogens (tertiary/aromatic N) is 2. The van der Waals surface area contributed by atoms with E-state index in [4.69, 9.17) is 4.74 Å². The van der Waals surface area contributed by atoms with Crippen LogP contribution >= 0.6 is 0 Å². The third-order valence-corrected chi connectivity index (χ3v) is 6.65. The first-order valence-corrected chi connectivity index (χ1v) is 11.6. The molecule has 9 heteroatoms. The van der Waals surface area contributed by atoms with Crippen molar-refractivity contribution < 1.29 is 22.7 Å². The molecule has 2 aromatic carbocycles. The number of carbonyl (C=O) groups excluding carboxylic acids is 2. The van der Waals surface area contributed by atoms with E-state index >= 15 is 0 Å². The number of hydrogen-bond acceptors (Lipinski definition) is 6. The number of para-hydroxylation sites is 1. The zero-order valence-corrected chi connectivity index (χ0v) is 18.4. The second kappa shape index (κ2) is 9.93. The Morgan fingerprint density at radius 3 is 2.03 bits per heavy atom. The van der Waals surface area contributed by atoms with Gasteiger partial charge in [0.1, 0.15) is 6.04 Å². The van der Waals surface area contributed by atoms with Crippen molar-refractivity contribution in [3.05, 3.63) is 60.7 Å². The van der Waals surface area contributed by atoms with Gasteiger partial charge in [-0.15, -0.1) is 0 Å². The molecule has 0 aromatic heterocycles. The average Bonchev–Trinajstić information content (AvgIpc) is 2.79. The Hall–Kier alpha value is -2.91. The van der Waals surface area contributed by atoms with Crippen LogP contribution in [0.2, 0.25) is 0 Å². The zero-order valence-electron chi connectivity index (χ0n) is 17.6. The number of carbonyl (C=O) groups is 2. The third kappa shape index (κ3) is 5.83. The van der Waals surface area contributed by atoms with Gasteiger partial charge in [0.05, 0.1) is 4.90 Å². The van der Waals surface area contributed by atoms with Crippen molar-refractivity contribution in [3.63, 3.8) is 0 Å². The molecule has 31 heavy (non-hydrogen) atoms. The van der Waals surface area contributed by atoms with Crippen LogP contribution in [-0.2, 0) is 24.3 Å². The molecule has 1 fully saturated rings. The second-order valence-electron chi connectivity index (χ2n) is 7.38. The van der Waals surface area contributed by atoms with Crippen molar-refractivity contribution in [2.24, 2.45) is 0 Å². The van der Waals surface area contributed by atoms with E-state index in [0.29, 0.717) is 26.2 Å². The predicted molar refractivity (Wildman–Crippen MR) is 117 cm³/mol. The molecule has 166 valence electrons. The minimum atomic E-state index is -3.87. The lowest BCUT2D eigenvalue weighted by Gasteiger charge is -2.37. The van der Waals surface area contributed by atoms with Gasteiger partial charge in [0.15, 0.2) is 6.10 Å². The number of esters is 1. The van der Waals surface area contributed by atoms with Crippen molar-refractivity contribution in [1.29, 1.82) is 0 Å². The lowest BCUT2D eigenvalue weighted by Crippen LogP contribution is -2.52. The summed E-state index contributed by atoms with van der Waals surface area (Å²) in [6, 6.07) is 16.6. The van der Waals surface area contributed by atoms with Gasteiger partial charge in [0.25, 0.3) is 5.91 Å². The lowest BCUT2D eigenvalue weighted by atomic mass is 10.2. The fourth-order valence-corrected chi connectivity index (χ4v) is 4.57. The van der Waals surface area contributed by atoms with Crippen molar-refractivity contribution in [3.8, 4) is 0 Å². The van der Waals surface area contributed by atoms with Crippen molar-refractivity contribution in [2.75, 3.05) is 31.1 Å². The van der Waals surface area contributed by atoms with Gasteiger partial charge in [0, 0.05) is 31.9 Å². The van der Waals surface area contributed by atoms with Crippen LogP contribution < -0.4 is 9.62 Å². The third-order valence-electron chi connectivity index (χ3n) is 5.09. The fourth-order valence-electron chi connectivity index (χ4n) is 3.36. The highest BCUT2D eigenvalue weighted by molar-refractivity contribution is 7.89. The Balaban J connectivity index is 1.50.